The predicted molar refractivity (Wildman–Crippen MR) is 94.4 cm³/mol. The van der Waals surface area contributed by atoms with E-state index in [1.807, 2.05) is 0 Å². The fourth-order valence-corrected chi connectivity index (χ4v) is 3.34. The molecule has 0 bridgehead atoms. The smallest absolute Gasteiger partial charge is 0.312 e. The highest BCUT2D eigenvalue weighted by Gasteiger charge is 2.29. The molecule has 1 heterocycles. The lowest BCUT2D eigenvalue weighted by Gasteiger charge is -2.16. The average Bonchev–Trinajstić information content (AvgIpc) is 2.89. The van der Waals surface area contributed by atoms with Gasteiger partial charge >= 0.3 is 5.97 Å². The molecule has 1 aliphatic rings. The van der Waals surface area contributed by atoms with E-state index in [-0.39, 0.29) is 5.96 Å². The van der Waals surface area contributed by atoms with Crippen LogP contribution in [0.2, 0.25) is 0 Å². The van der Waals surface area contributed by atoms with Crippen LogP contribution in [0.25, 0.3) is 0 Å². The second kappa shape index (κ2) is 10.2. The number of carboxylic acids is 1. The molecule has 0 aliphatic heterocycles. The number of aromatic nitrogens is 1. The molecule has 7 nitrogen and oxygen atoms in total. The Morgan fingerprint density at radius 2 is 2.22 bits per heavy atom. The van der Waals surface area contributed by atoms with Gasteiger partial charge in [0, 0.05) is 4.88 Å². The Labute approximate surface area is 141 Å². The molecule has 6 N–H and O–H groups in total. The minimum Gasteiger partial charge on any atom is -0.481 e. The van der Waals surface area contributed by atoms with Gasteiger partial charge in [0.15, 0.2) is 5.96 Å². The van der Waals surface area contributed by atoms with Gasteiger partial charge in [0.25, 0.3) is 0 Å². The number of guanidine groups is 1. The lowest BCUT2D eigenvalue weighted by Crippen LogP contribution is -2.21. The Kier molecular flexibility index (Phi) is 8.57. The van der Waals surface area contributed by atoms with E-state index >= 15 is 0 Å². The first-order valence-electron chi connectivity index (χ1n) is 8.02. The van der Waals surface area contributed by atoms with Crippen molar-refractivity contribution < 1.29 is 9.90 Å². The van der Waals surface area contributed by atoms with Gasteiger partial charge in [-0.25, -0.2) is 4.98 Å². The van der Waals surface area contributed by atoms with Crippen molar-refractivity contribution in [3.8, 4) is 0 Å². The van der Waals surface area contributed by atoms with E-state index in [2.05, 4.69) is 29.1 Å². The van der Waals surface area contributed by atoms with Crippen LogP contribution in [0, 0.1) is 0 Å². The number of rotatable bonds is 6. The van der Waals surface area contributed by atoms with E-state index in [0.717, 1.165) is 24.3 Å². The molecule has 8 heteroatoms. The molecule has 23 heavy (non-hydrogen) atoms. The monoisotopic (exact) mass is 341 g/mol. The third kappa shape index (κ3) is 6.54. The molecule has 2 rings (SSSR count). The maximum atomic E-state index is 11.0. The lowest BCUT2D eigenvalue weighted by atomic mass is 9.91. The number of aliphatic carboxylic acids is 1. The van der Waals surface area contributed by atoms with E-state index in [1.54, 1.807) is 0 Å². The molecule has 0 aromatic carbocycles. The summed E-state index contributed by atoms with van der Waals surface area (Å²) >= 11 is 1.36. The van der Waals surface area contributed by atoms with Crippen LogP contribution in [-0.4, -0.2) is 35.1 Å². The standard InChI is InChI=1S/C9H12N4O2S.C6H15N/c10-8(11)13-9-12-6-4(7(14)15)2-1-3-5(6)16-9;1-3-5-6-7-4-2/h4H,1-3H2,(H,14,15)(H4,10,11,12,13);7H,3-6H2,1-2H3. The van der Waals surface area contributed by atoms with Crippen molar-refractivity contribution in [2.75, 3.05) is 13.1 Å². The predicted octanol–water partition coefficient (Wildman–Crippen LogP) is 1.95. The van der Waals surface area contributed by atoms with Gasteiger partial charge < -0.3 is 21.9 Å². The van der Waals surface area contributed by atoms with Crippen LogP contribution in [0.15, 0.2) is 4.99 Å². The quantitative estimate of drug-likeness (QED) is 0.356. The van der Waals surface area contributed by atoms with Crippen molar-refractivity contribution in [3.63, 3.8) is 0 Å². The van der Waals surface area contributed by atoms with E-state index in [1.165, 1.54) is 30.7 Å². The van der Waals surface area contributed by atoms with E-state index in [4.69, 9.17) is 16.6 Å². The highest BCUT2D eigenvalue weighted by Crippen LogP contribution is 2.37. The van der Waals surface area contributed by atoms with Gasteiger partial charge in [0.2, 0.25) is 5.13 Å². The third-order valence-electron chi connectivity index (χ3n) is 3.42. The Morgan fingerprint density at radius 1 is 1.48 bits per heavy atom. The number of aliphatic imine (C=N–C) groups is 1. The number of hydrogen-bond donors (Lipinski definition) is 4. The highest BCUT2D eigenvalue weighted by atomic mass is 32.1. The van der Waals surface area contributed by atoms with Gasteiger partial charge in [-0.3, -0.25) is 4.79 Å². The number of nitrogens with two attached hydrogens (primary N) is 2. The summed E-state index contributed by atoms with van der Waals surface area (Å²) in [7, 11) is 0. The number of fused-ring (bicyclic) bond motifs is 1. The second-order valence-corrected chi connectivity index (χ2v) is 6.39. The van der Waals surface area contributed by atoms with Crippen molar-refractivity contribution >= 4 is 28.4 Å². The van der Waals surface area contributed by atoms with Gasteiger partial charge in [0.1, 0.15) is 5.92 Å². The van der Waals surface area contributed by atoms with Gasteiger partial charge in [-0.2, -0.15) is 4.99 Å². The number of nitrogens with one attached hydrogen (secondary N) is 1. The van der Waals surface area contributed by atoms with E-state index in [0.29, 0.717) is 17.2 Å². The summed E-state index contributed by atoms with van der Waals surface area (Å²) < 4.78 is 0. The summed E-state index contributed by atoms with van der Waals surface area (Å²) in [6.45, 7) is 6.64. The normalized spacial score (nSPS) is 16.0. The fourth-order valence-electron chi connectivity index (χ4n) is 2.28. The first-order valence-corrected chi connectivity index (χ1v) is 8.83. The molecule has 1 aromatic heterocycles. The van der Waals surface area contributed by atoms with Crippen LogP contribution in [0.5, 0.6) is 0 Å². The fraction of sp³-hybridized carbons (Fsp3) is 0.667. The van der Waals surface area contributed by atoms with E-state index in [9.17, 15) is 4.79 Å². The number of thiazole rings is 1. The molecule has 0 saturated heterocycles. The van der Waals surface area contributed by atoms with Crippen molar-refractivity contribution in [1.29, 1.82) is 0 Å². The lowest BCUT2D eigenvalue weighted by molar-refractivity contribution is -0.139. The zero-order valence-corrected chi connectivity index (χ0v) is 14.7. The van der Waals surface area contributed by atoms with Gasteiger partial charge in [-0.1, -0.05) is 31.6 Å². The van der Waals surface area contributed by atoms with Crippen molar-refractivity contribution in [2.45, 2.75) is 51.9 Å². The Balaban J connectivity index is 0.000000322. The molecule has 1 aliphatic carbocycles. The van der Waals surface area contributed by atoms with Crippen LogP contribution in [0.3, 0.4) is 0 Å². The van der Waals surface area contributed by atoms with Crippen LogP contribution in [0.1, 0.15) is 56.0 Å². The second-order valence-electron chi connectivity index (χ2n) is 5.33. The van der Waals surface area contributed by atoms with Crippen LogP contribution in [0.4, 0.5) is 5.13 Å². The summed E-state index contributed by atoms with van der Waals surface area (Å²) in [6.07, 6.45) is 4.97. The molecule has 130 valence electrons. The third-order valence-corrected chi connectivity index (χ3v) is 4.45. The zero-order valence-electron chi connectivity index (χ0n) is 13.8. The van der Waals surface area contributed by atoms with Crippen LogP contribution < -0.4 is 16.8 Å². The number of aryl methyl sites for hydroxylation is 1. The molecule has 0 radical (unpaired) electrons. The number of carbonyl (C=O) groups is 1. The number of hydrogen-bond acceptors (Lipinski definition) is 5. The molecule has 0 saturated carbocycles. The first kappa shape index (κ1) is 19.4. The van der Waals surface area contributed by atoms with E-state index < -0.39 is 11.9 Å². The molecule has 0 fully saturated rings. The number of carboxylic acid groups (broad SMARTS) is 1. The Hall–Kier alpha value is -1.67. The van der Waals surface area contributed by atoms with Gasteiger partial charge in [0.05, 0.1) is 5.69 Å². The number of unbranched alkanes of at least 4 members (excludes halogenated alkanes) is 1. The molecular weight excluding hydrogens is 314 g/mol. The largest absolute Gasteiger partial charge is 0.481 e. The van der Waals surface area contributed by atoms with Crippen LogP contribution in [-0.2, 0) is 11.2 Å². The Morgan fingerprint density at radius 3 is 2.78 bits per heavy atom. The first-order chi connectivity index (χ1) is 11.0. The summed E-state index contributed by atoms with van der Waals surface area (Å²) in [4.78, 5) is 20.0. The van der Waals surface area contributed by atoms with Crippen molar-refractivity contribution in [3.05, 3.63) is 10.6 Å². The van der Waals surface area contributed by atoms with Crippen LogP contribution >= 0.6 is 11.3 Å². The Bertz CT molecular complexity index is 522. The minimum atomic E-state index is -0.831. The summed E-state index contributed by atoms with van der Waals surface area (Å²) in [5, 5.41) is 12.7. The molecule has 0 spiro atoms. The van der Waals surface area contributed by atoms with Gasteiger partial charge in [-0.15, -0.1) is 0 Å². The summed E-state index contributed by atoms with van der Waals surface area (Å²) in [6, 6.07) is 0. The topological polar surface area (TPSA) is 127 Å². The molecule has 1 atom stereocenters. The average molecular weight is 341 g/mol. The zero-order chi connectivity index (χ0) is 17.2. The minimum absolute atomic E-state index is 0.0574. The maximum Gasteiger partial charge on any atom is 0.312 e. The molecule has 0 amide bonds. The summed E-state index contributed by atoms with van der Waals surface area (Å²) in [5.41, 5.74) is 11.1. The number of nitrogens with zero attached hydrogens (tertiary/aromatic N) is 2. The SMILES string of the molecule is CCCCNCC.NC(N)=Nc1nc2c(s1)CCCC2C(=O)O. The molecular formula is C15H27N5O2S. The summed E-state index contributed by atoms with van der Waals surface area (Å²) in [5.74, 6) is -1.40. The van der Waals surface area contributed by atoms with Crippen molar-refractivity contribution in [2.24, 2.45) is 16.5 Å². The van der Waals surface area contributed by atoms with Gasteiger partial charge in [-0.05, 0) is 38.8 Å². The molecule has 1 aromatic rings. The highest BCUT2D eigenvalue weighted by molar-refractivity contribution is 7.15. The maximum absolute atomic E-state index is 11.0. The van der Waals surface area contributed by atoms with Crippen molar-refractivity contribution in [1.82, 2.24) is 10.3 Å². The molecule has 1 unspecified atom stereocenters.